The van der Waals surface area contributed by atoms with Crippen molar-refractivity contribution >= 4 is 33.5 Å². The third-order valence-corrected chi connectivity index (χ3v) is 11.6. The average molecular weight is 615 g/mol. The van der Waals surface area contributed by atoms with Gasteiger partial charge in [-0.2, -0.15) is 0 Å². The monoisotopic (exact) mass is 614 g/mol. The Labute approximate surface area is 278 Å². The number of allylic oxidation sites excluding steroid dienone is 3. The molecule has 0 radical (unpaired) electrons. The molecule has 0 saturated carbocycles. The third-order valence-electron chi connectivity index (χ3n) is 11.6. The van der Waals surface area contributed by atoms with Crippen LogP contribution in [0.1, 0.15) is 40.5 Å². The number of rotatable bonds is 0. The lowest BCUT2D eigenvalue weighted by molar-refractivity contribution is 0.428. The summed E-state index contributed by atoms with van der Waals surface area (Å²) < 4.78 is 4.78. The molecule has 0 bridgehead atoms. The van der Waals surface area contributed by atoms with Gasteiger partial charge in [0.15, 0.2) is 0 Å². The smallest absolute Gasteiger partial charge is 0.101 e. The quantitative estimate of drug-likeness (QED) is 0.169. The molecule has 4 unspecified atom stereocenters. The van der Waals surface area contributed by atoms with Gasteiger partial charge in [0.1, 0.15) is 6.04 Å². The van der Waals surface area contributed by atoms with Gasteiger partial charge in [0.25, 0.3) is 0 Å². The first-order valence-electron chi connectivity index (χ1n) is 17.0. The number of aromatic nitrogens is 2. The van der Waals surface area contributed by atoms with Crippen LogP contribution < -0.4 is 9.80 Å². The molecule has 4 nitrogen and oxygen atoms in total. The molecule has 4 heteroatoms. The van der Waals surface area contributed by atoms with Crippen molar-refractivity contribution < 1.29 is 0 Å². The third kappa shape index (κ3) is 2.93. The molecule has 2 aromatic heterocycles. The highest BCUT2D eigenvalue weighted by Crippen LogP contribution is 2.61. The van der Waals surface area contributed by atoms with E-state index in [1.807, 2.05) is 0 Å². The zero-order chi connectivity index (χ0) is 31.1. The topological polar surface area (TPSA) is 16.3 Å². The Balaban J connectivity index is 1.16. The van der Waals surface area contributed by atoms with Crippen molar-refractivity contribution in [1.29, 1.82) is 0 Å². The molecule has 4 atom stereocenters. The van der Waals surface area contributed by atoms with Crippen molar-refractivity contribution in [2.45, 2.75) is 18.0 Å². The molecular weight excluding hydrogens is 585 g/mol. The SMILES string of the molecule is C1=CC2c3c(ccc4c5c(ccc34)N3c4ccccc4-n4cccc4C3c3ccccc3-5)N3c4ccccc4-n4cccc4C3C2C=C1. The fourth-order valence-corrected chi connectivity index (χ4v) is 9.83. The average Bonchev–Trinajstić information content (AvgIpc) is 3.85. The van der Waals surface area contributed by atoms with Crippen LogP contribution in [-0.2, 0) is 0 Å². The Morgan fingerprint density at radius 3 is 1.94 bits per heavy atom. The number of fused-ring (bicyclic) bond motifs is 25. The number of benzene rings is 5. The van der Waals surface area contributed by atoms with Crippen LogP contribution in [0.5, 0.6) is 0 Å². The van der Waals surface area contributed by atoms with E-state index in [4.69, 9.17) is 0 Å². The van der Waals surface area contributed by atoms with Crippen molar-refractivity contribution in [3.63, 3.8) is 0 Å². The maximum atomic E-state index is 2.64. The number of hydrogen-bond acceptors (Lipinski definition) is 2. The highest BCUT2D eigenvalue weighted by molar-refractivity contribution is 6.10. The first kappa shape index (κ1) is 25.1. The normalized spacial score (nSPS) is 21.5. The van der Waals surface area contributed by atoms with Crippen LogP contribution in [0.4, 0.5) is 22.7 Å². The van der Waals surface area contributed by atoms with Gasteiger partial charge in [0, 0.05) is 41.2 Å². The molecule has 1 aliphatic carbocycles. The molecule has 4 aliphatic heterocycles. The van der Waals surface area contributed by atoms with Gasteiger partial charge < -0.3 is 18.9 Å². The van der Waals surface area contributed by atoms with E-state index in [1.54, 1.807) is 0 Å². The maximum Gasteiger partial charge on any atom is 0.101 e. The molecule has 0 amide bonds. The summed E-state index contributed by atoms with van der Waals surface area (Å²) in [4.78, 5) is 5.24. The molecule has 7 aromatic rings. The van der Waals surface area contributed by atoms with E-state index < -0.39 is 0 Å². The Morgan fingerprint density at radius 2 is 1.10 bits per heavy atom. The highest BCUT2D eigenvalue weighted by Gasteiger charge is 2.46. The summed E-state index contributed by atoms with van der Waals surface area (Å²) in [6.07, 6.45) is 13.9. The molecule has 5 aliphatic rings. The van der Waals surface area contributed by atoms with Crippen molar-refractivity contribution in [2.24, 2.45) is 5.92 Å². The molecule has 226 valence electrons. The van der Waals surface area contributed by atoms with Crippen LogP contribution in [0, 0.1) is 5.92 Å². The van der Waals surface area contributed by atoms with Crippen LogP contribution in [0.15, 0.2) is 158 Å². The van der Waals surface area contributed by atoms with E-state index in [2.05, 4.69) is 177 Å². The largest absolute Gasteiger partial charge is 0.330 e. The summed E-state index contributed by atoms with van der Waals surface area (Å²) >= 11 is 0. The lowest BCUT2D eigenvalue weighted by Crippen LogP contribution is -2.41. The number of anilines is 4. The number of nitrogens with zero attached hydrogens (tertiary/aromatic N) is 4. The second-order valence-electron chi connectivity index (χ2n) is 13.7. The Bertz CT molecular complexity index is 2580. The van der Waals surface area contributed by atoms with E-state index in [9.17, 15) is 0 Å². The maximum absolute atomic E-state index is 2.64. The van der Waals surface area contributed by atoms with Crippen LogP contribution >= 0.6 is 0 Å². The van der Waals surface area contributed by atoms with Gasteiger partial charge in [-0.25, -0.2) is 0 Å². The second kappa shape index (κ2) is 8.87. The van der Waals surface area contributed by atoms with Crippen LogP contribution in [0.25, 0.3) is 33.3 Å². The first-order valence-corrected chi connectivity index (χ1v) is 17.0. The zero-order valence-electron chi connectivity index (χ0n) is 26.1. The standard InChI is InChI=1S/C44H30N4/c1-3-13-31-27(11-1)41-29-21-24-38-42(30(29)22-23-37(41)47-35-17-7-5-15-33(35)45-25-9-19-39(45)43(31)47)28-12-2-4-14-32(28)44-40-20-10-26-46(40)34-16-6-8-18-36(34)48(38)44/h1-27,31,43-44H. The van der Waals surface area contributed by atoms with E-state index >= 15 is 0 Å². The van der Waals surface area contributed by atoms with Gasteiger partial charge in [-0.1, -0.05) is 85.0 Å². The highest BCUT2D eigenvalue weighted by atomic mass is 15.3. The molecule has 0 N–H and O–H groups in total. The second-order valence-corrected chi connectivity index (χ2v) is 13.7. The molecule has 0 fully saturated rings. The summed E-state index contributed by atoms with van der Waals surface area (Å²) in [6.45, 7) is 0. The minimum absolute atomic E-state index is 0.103. The summed E-state index contributed by atoms with van der Waals surface area (Å²) in [5, 5.41) is 2.67. The van der Waals surface area contributed by atoms with Crippen molar-refractivity contribution in [2.75, 3.05) is 9.80 Å². The van der Waals surface area contributed by atoms with Gasteiger partial charge >= 0.3 is 0 Å². The zero-order valence-corrected chi connectivity index (χ0v) is 26.1. The Hall–Kier alpha value is -6.00. The fraction of sp³-hybridized carbons (Fsp3) is 0.0909. The van der Waals surface area contributed by atoms with Gasteiger partial charge in [-0.15, -0.1) is 0 Å². The van der Waals surface area contributed by atoms with Gasteiger partial charge in [0.05, 0.1) is 40.2 Å². The summed E-state index contributed by atoms with van der Waals surface area (Å²) in [5.74, 6) is 0.580. The summed E-state index contributed by atoms with van der Waals surface area (Å²) in [6, 6.07) is 45.9. The van der Waals surface area contributed by atoms with Crippen molar-refractivity contribution in [3.05, 3.63) is 181 Å². The van der Waals surface area contributed by atoms with Gasteiger partial charge in [-0.05, 0) is 88.1 Å². The minimum atomic E-state index is 0.103. The van der Waals surface area contributed by atoms with Crippen LogP contribution in [0.2, 0.25) is 0 Å². The predicted molar refractivity (Wildman–Crippen MR) is 194 cm³/mol. The Morgan fingerprint density at radius 1 is 0.458 bits per heavy atom. The summed E-state index contributed by atoms with van der Waals surface area (Å²) in [5.41, 5.74) is 15.7. The van der Waals surface area contributed by atoms with E-state index in [0.717, 1.165) is 0 Å². The van der Waals surface area contributed by atoms with Crippen LogP contribution in [-0.4, -0.2) is 9.13 Å². The number of para-hydroxylation sites is 4. The van der Waals surface area contributed by atoms with Gasteiger partial charge in [0.2, 0.25) is 0 Å². The van der Waals surface area contributed by atoms with Gasteiger partial charge in [-0.3, -0.25) is 0 Å². The first-order chi connectivity index (χ1) is 23.9. The summed E-state index contributed by atoms with van der Waals surface area (Å²) in [7, 11) is 0. The molecule has 0 spiro atoms. The lowest BCUT2D eigenvalue weighted by Gasteiger charge is -2.50. The molecule has 48 heavy (non-hydrogen) atoms. The number of hydrogen-bond donors (Lipinski definition) is 0. The molecule has 12 rings (SSSR count). The van der Waals surface area contributed by atoms with E-state index in [1.165, 1.54) is 78.5 Å². The fourth-order valence-electron chi connectivity index (χ4n) is 9.83. The molecular formula is C44H30N4. The van der Waals surface area contributed by atoms with Crippen LogP contribution in [0.3, 0.4) is 0 Å². The van der Waals surface area contributed by atoms with Crippen molar-refractivity contribution in [1.82, 2.24) is 9.13 Å². The molecule has 5 aromatic carbocycles. The molecule has 0 saturated heterocycles. The predicted octanol–water partition coefficient (Wildman–Crippen LogP) is 10.7. The van der Waals surface area contributed by atoms with E-state index in [0.29, 0.717) is 5.92 Å². The van der Waals surface area contributed by atoms with E-state index in [-0.39, 0.29) is 18.0 Å². The minimum Gasteiger partial charge on any atom is -0.330 e. The lowest BCUT2D eigenvalue weighted by atomic mass is 9.70. The molecule has 6 heterocycles. The van der Waals surface area contributed by atoms with Crippen molar-refractivity contribution in [3.8, 4) is 22.5 Å². The Kier molecular flexibility index (Phi) is 4.64.